The first-order valence-corrected chi connectivity index (χ1v) is 12.6. The van der Waals surface area contributed by atoms with Crippen molar-refractivity contribution >= 4 is 0 Å². The fourth-order valence-electron chi connectivity index (χ4n) is 5.73. The third-order valence-corrected chi connectivity index (χ3v) is 7.66. The first kappa shape index (κ1) is 25.0. The van der Waals surface area contributed by atoms with Gasteiger partial charge in [0.1, 0.15) is 0 Å². The maximum absolute atomic E-state index is 15.1. The molecule has 2 aromatic rings. The van der Waals surface area contributed by atoms with E-state index in [0.717, 1.165) is 38.5 Å². The summed E-state index contributed by atoms with van der Waals surface area (Å²) in [5.41, 5.74) is 0.0848. The Hall–Kier alpha value is -2.14. The predicted molar refractivity (Wildman–Crippen MR) is 128 cm³/mol. The zero-order valence-corrected chi connectivity index (χ0v) is 20.1. The molecule has 1 saturated carbocycles. The molecule has 1 aliphatic heterocycles. The number of rotatable bonds is 6. The van der Waals surface area contributed by atoms with Crippen molar-refractivity contribution in [2.24, 2.45) is 5.92 Å². The van der Waals surface area contributed by atoms with Crippen molar-refractivity contribution in [1.82, 2.24) is 0 Å². The highest BCUT2D eigenvalue weighted by Crippen LogP contribution is 2.41. The Morgan fingerprint density at radius 2 is 1.32 bits per heavy atom. The predicted octanol–water partition coefficient (Wildman–Crippen LogP) is 8.82. The lowest BCUT2D eigenvalue weighted by Crippen LogP contribution is -2.24. The normalized spacial score (nSPS) is 25.7. The summed E-state index contributed by atoms with van der Waals surface area (Å²) in [4.78, 5) is 0. The van der Waals surface area contributed by atoms with E-state index in [4.69, 9.17) is 4.74 Å². The molecule has 2 aromatic carbocycles. The van der Waals surface area contributed by atoms with Crippen LogP contribution in [0.5, 0.6) is 0 Å². The Morgan fingerprint density at radius 3 is 1.82 bits per heavy atom. The summed E-state index contributed by atoms with van der Waals surface area (Å²) < 4.78 is 66.0. The second-order valence-electron chi connectivity index (χ2n) is 9.84. The summed E-state index contributed by atoms with van der Waals surface area (Å²) in [5.74, 6) is -3.82. The number of halogens is 4. The minimum atomic E-state index is -1.14. The van der Waals surface area contributed by atoms with Crippen molar-refractivity contribution in [2.45, 2.75) is 83.2 Å². The van der Waals surface area contributed by atoms with E-state index in [9.17, 15) is 0 Å². The van der Waals surface area contributed by atoms with Gasteiger partial charge in [0, 0.05) is 17.0 Å². The molecule has 5 heteroatoms. The molecule has 2 fully saturated rings. The van der Waals surface area contributed by atoms with Crippen LogP contribution in [-0.4, -0.2) is 12.7 Å². The molecule has 34 heavy (non-hydrogen) atoms. The summed E-state index contributed by atoms with van der Waals surface area (Å²) >= 11 is 0. The van der Waals surface area contributed by atoms with Crippen molar-refractivity contribution in [1.29, 1.82) is 0 Å². The lowest BCUT2D eigenvalue weighted by atomic mass is 9.77. The van der Waals surface area contributed by atoms with Crippen molar-refractivity contribution < 1.29 is 22.3 Å². The first-order chi connectivity index (χ1) is 16.4. The number of ether oxygens (including phenoxy) is 1. The van der Waals surface area contributed by atoms with Crippen molar-refractivity contribution in [2.75, 3.05) is 6.61 Å². The number of hydrogen-bond donors (Lipinski definition) is 0. The topological polar surface area (TPSA) is 9.23 Å². The molecule has 2 atom stereocenters. The summed E-state index contributed by atoms with van der Waals surface area (Å²) in [5, 5.41) is 0. The van der Waals surface area contributed by atoms with Gasteiger partial charge in [-0.25, -0.2) is 17.6 Å². The Labute approximate surface area is 200 Å². The zero-order valence-electron chi connectivity index (χ0n) is 20.1. The molecule has 1 aliphatic carbocycles. The minimum Gasteiger partial charge on any atom is -0.374 e. The van der Waals surface area contributed by atoms with Gasteiger partial charge >= 0.3 is 0 Å². The van der Waals surface area contributed by atoms with Crippen LogP contribution in [0.4, 0.5) is 17.6 Å². The van der Waals surface area contributed by atoms with E-state index in [1.165, 1.54) is 24.6 Å². The number of allylic oxidation sites excluding steroid dienone is 1. The average Bonchev–Trinajstić information content (AvgIpc) is 2.85. The van der Waals surface area contributed by atoms with Gasteiger partial charge in [-0.05, 0) is 68.4 Å². The maximum Gasteiger partial charge on any atom is 0.167 e. The second-order valence-corrected chi connectivity index (χ2v) is 9.84. The van der Waals surface area contributed by atoms with E-state index in [-0.39, 0.29) is 34.6 Å². The minimum absolute atomic E-state index is 0.00860. The molecule has 4 rings (SSSR count). The Kier molecular flexibility index (Phi) is 8.13. The third-order valence-electron chi connectivity index (χ3n) is 7.66. The average molecular weight is 475 g/mol. The molecule has 2 aliphatic rings. The standard InChI is InChI=1S/C29H34F4O/c1-3-5-18-7-9-19(10-8-18)22-13-15-24(28(32)26(22)30)25-16-14-23(27(31)29(25)33)20-11-12-21(6-4-2)34-17-20/h4,6,13-16,18-21H,3,5,7-12,17H2,1-2H3. The second kappa shape index (κ2) is 11.1. The Balaban J connectivity index is 1.54. The van der Waals surface area contributed by atoms with Gasteiger partial charge in [-0.2, -0.15) is 0 Å². The van der Waals surface area contributed by atoms with Gasteiger partial charge in [-0.3, -0.25) is 0 Å². The lowest BCUT2D eigenvalue weighted by Gasteiger charge is -2.29. The van der Waals surface area contributed by atoms with Crippen LogP contribution >= 0.6 is 0 Å². The largest absolute Gasteiger partial charge is 0.374 e. The highest BCUT2D eigenvalue weighted by atomic mass is 19.2. The van der Waals surface area contributed by atoms with E-state index < -0.39 is 23.3 Å². The van der Waals surface area contributed by atoms with Gasteiger partial charge < -0.3 is 4.74 Å². The first-order valence-electron chi connectivity index (χ1n) is 12.6. The van der Waals surface area contributed by atoms with Crippen LogP contribution < -0.4 is 0 Å². The van der Waals surface area contributed by atoms with E-state index in [0.29, 0.717) is 24.5 Å². The zero-order chi connectivity index (χ0) is 24.2. The van der Waals surface area contributed by atoms with Gasteiger partial charge in [-0.15, -0.1) is 0 Å². The summed E-state index contributed by atoms with van der Waals surface area (Å²) in [6.07, 6.45) is 11.3. The quantitative estimate of drug-likeness (QED) is 0.300. The van der Waals surface area contributed by atoms with Gasteiger partial charge in [0.15, 0.2) is 23.3 Å². The monoisotopic (exact) mass is 474 g/mol. The molecule has 1 nitrogen and oxygen atoms in total. The molecule has 184 valence electrons. The molecule has 0 N–H and O–H groups in total. The molecule has 0 bridgehead atoms. The Bertz CT molecular complexity index is 1020. The highest BCUT2D eigenvalue weighted by molar-refractivity contribution is 5.66. The van der Waals surface area contributed by atoms with Gasteiger partial charge in [-0.1, -0.05) is 56.2 Å². The fourth-order valence-corrected chi connectivity index (χ4v) is 5.73. The molecule has 0 radical (unpaired) electrons. The summed E-state index contributed by atoms with van der Waals surface area (Å²) in [7, 11) is 0. The number of hydrogen-bond acceptors (Lipinski definition) is 1. The Morgan fingerprint density at radius 1 is 0.765 bits per heavy atom. The molecular weight excluding hydrogens is 440 g/mol. The molecule has 1 heterocycles. The molecule has 0 aromatic heterocycles. The van der Waals surface area contributed by atoms with Gasteiger partial charge in [0.25, 0.3) is 0 Å². The summed E-state index contributed by atoms with van der Waals surface area (Å²) in [6.45, 7) is 4.37. The fraction of sp³-hybridized carbons (Fsp3) is 0.517. The van der Waals surface area contributed by atoms with Crippen LogP contribution in [0.25, 0.3) is 11.1 Å². The van der Waals surface area contributed by atoms with Crippen molar-refractivity contribution in [3.63, 3.8) is 0 Å². The van der Waals surface area contributed by atoms with Crippen LogP contribution in [0.15, 0.2) is 36.4 Å². The van der Waals surface area contributed by atoms with Crippen LogP contribution in [0.1, 0.15) is 88.2 Å². The van der Waals surface area contributed by atoms with Crippen LogP contribution in [0, 0.1) is 29.2 Å². The van der Waals surface area contributed by atoms with Crippen molar-refractivity contribution in [3.05, 3.63) is 70.8 Å². The van der Waals surface area contributed by atoms with Gasteiger partial charge in [0.2, 0.25) is 0 Å². The molecule has 1 saturated heterocycles. The van der Waals surface area contributed by atoms with E-state index in [1.807, 2.05) is 19.1 Å². The van der Waals surface area contributed by atoms with E-state index >= 15 is 17.6 Å². The molecule has 0 spiro atoms. The van der Waals surface area contributed by atoms with E-state index in [2.05, 4.69) is 6.92 Å². The highest BCUT2D eigenvalue weighted by Gasteiger charge is 2.29. The SMILES string of the molecule is CC=CC1CCC(c2ccc(-c3ccc(C4CCC(CCC)CC4)c(F)c3F)c(F)c2F)CO1. The third kappa shape index (κ3) is 5.10. The summed E-state index contributed by atoms with van der Waals surface area (Å²) in [6, 6.07) is 5.80. The molecule has 0 amide bonds. The van der Waals surface area contributed by atoms with Crippen LogP contribution in [0.3, 0.4) is 0 Å². The molecule has 2 unspecified atom stereocenters. The van der Waals surface area contributed by atoms with E-state index in [1.54, 1.807) is 6.07 Å². The lowest BCUT2D eigenvalue weighted by molar-refractivity contribution is 0.0317. The van der Waals surface area contributed by atoms with Crippen LogP contribution in [0.2, 0.25) is 0 Å². The van der Waals surface area contributed by atoms with Crippen LogP contribution in [-0.2, 0) is 4.74 Å². The maximum atomic E-state index is 15.1. The number of benzene rings is 2. The van der Waals surface area contributed by atoms with Crippen molar-refractivity contribution in [3.8, 4) is 11.1 Å². The van der Waals surface area contributed by atoms with Gasteiger partial charge in [0.05, 0.1) is 12.7 Å². The molecular formula is C29H34F4O. The smallest absolute Gasteiger partial charge is 0.167 e.